The summed E-state index contributed by atoms with van der Waals surface area (Å²) in [7, 11) is 1.58. The van der Waals surface area contributed by atoms with E-state index in [1.54, 1.807) is 13.2 Å². The summed E-state index contributed by atoms with van der Waals surface area (Å²) in [5.74, 6) is -0.510. The van der Waals surface area contributed by atoms with E-state index < -0.39 is 11.9 Å². The Kier molecular flexibility index (Phi) is 5.97. The number of amides is 1. The lowest BCUT2D eigenvalue weighted by Crippen LogP contribution is -2.48. The van der Waals surface area contributed by atoms with Gasteiger partial charge in [-0.25, -0.2) is 9.37 Å². The van der Waals surface area contributed by atoms with E-state index in [2.05, 4.69) is 20.2 Å². The standard InChI is InChI=1S/C17H18ClFN4O3/c1-20-17(24)15-10-23(4-5-25-15)9-12-7-22-16(8-21-12)26-14-3-2-11(18)6-13(14)19/h2-3,6-8,15H,4-5,9-10H2,1H3,(H,20,24). The number of morpholine rings is 1. The number of rotatable bonds is 5. The first-order valence-electron chi connectivity index (χ1n) is 8.04. The van der Waals surface area contributed by atoms with E-state index in [0.29, 0.717) is 31.9 Å². The predicted molar refractivity (Wildman–Crippen MR) is 92.6 cm³/mol. The Balaban J connectivity index is 1.60. The Hall–Kier alpha value is -2.29. The number of likely N-dealkylation sites (N-methyl/N-ethyl adjacent to an activating group) is 1. The molecular formula is C17H18ClFN4O3. The Morgan fingerprint density at radius 3 is 3.00 bits per heavy atom. The minimum atomic E-state index is -0.572. The number of hydrogen-bond acceptors (Lipinski definition) is 6. The van der Waals surface area contributed by atoms with E-state index in [0.717, 1.165) is 0 Å². The lowest BCUT2D eigenvalue weighted by Gasteiger charge is -2.31. The molecular weight excluding hydrogens is 363 g/mol. The summed E-state index contributed by atoms with van der Waals surface area (Å²) in [6.45, 7) is 2.18. The summed E-state index contributed by atoms with van der Waals surface area (Å²) in [4.78, 5) is 22.2. The van der Waals surface area contributed by atoms with Crippen LogP contribution in [0.2, 0.25) is 5.02 Å². The second kappa shape index (κ2) is 8.39. The van der Waals surface area contributed by atoms with Crippen LogP contribution < -0.4 is 10.1 Å². The maximum atomic E-state index is 13.7. The topological polar surface area (TPSA) is 76.6 Å². The highest BCUT2D eigenvalue weighted by Crippen LogP contribution is 2.25. The van der Waals surface area contributed by atoms with Crippen molar-refractivity contribution in [1.82, 2.24) is 20.2 Å². The van der Waals surface area contributed by atoms with E-state index in [4.69, 9.17) is 21.1 Å². The van der Waals surface area contributed by atoms with Gasteiger partial charge < -0.3 is 14.8 Å². The van der Waals surface area contributed by atoms with Gasteiger partial charge in [0.15, 0.2) is 11.6 Å². The average molecular weight is 381 g/mol. The fourth-order valence-corrected chi connectivity index (χ4v) is 2.70. The molecule has 9 heteroatoms. The first-order chi connectivity index (χ1) is 12.5. The maximum absolute atomic E-state index is 13.7. The van der Waals surface area contributed by atoms with Crippen LogP contribution in [0.1, 0.15) is 5.69 Å². The molecule has 0 bridgehead atoms. The minimum Gasteiger partial charge on any atom is -0.434 e. The highest BCUT2D eigenvalue weighted by Gasteiger charge is 2.26. The zero-order valence-corrected chi connectivity index (χ0v) is 14.9. The third-order valence-corrected chi connectivity index (χ3v) is 4.10. The van der Waals surface area contributed by atoms with Crippen molar-refractivity contribution in [2.24, 2.45) is 0 Å². The lowest BCUT2D eigenvalue weighted by atomic mass is 10.2. The number of halogens is 2. The van der Waals surface area contributed by atoms with Gasteiger partial charge in [0.2, 0.25) is 11.8 Å². The molecule has 1 atom stereocenters. The van der Waals surface area contributed by atoms with Crippen LogP contribution in [0.15, 0.2) is 30.6 Å². The zero-order chi connectivity index (χ0) is 18.5. The second-order valence-electron chi connectivity index (χ2n) is 5.73. The minimum absolute atomic E-state index is 0.0260. The van der Waals surface area contributed by atoms with Gasteiger partial charge in [-0.05, 0) is 18.2 Å². The third-order valence-electron chi connectivity index (χ3n) is 3.87. The molecule has 1 aromatic heterocycles. The molecule has 0 aliphatic carbocycles. The molecule has 3 rings (SSSR count). The molecule has 0 spiro atoms. The Labute approximate surface area is 155 Å². The van der Waals surface area contributed by atoms with Gasteiger partial charge in [0.05, 0.1) is 24.7 Å². The zero-order valence-electron chi connectivity index (χ0n) is 14.1. The van der Waals surface area contributed by atoms with Gasteiger partial charge in [-0.15, -0.1) is 0 Å². The van der Waals surface area contributed by atoms with Crippen molar-refractivity contribution >= 4 is 17.5 Å². The van der Waals surface area contributed by atoms with Crippen LogP contribution in [0, 0.1) is 5.82 Å². The van der Waals surface area contributed by atoms with Crippen LogP contribution in [-0.4, -0.2) is 53.6 Å². The van der Waals surface area contributed by atoms with E-state index >= 15 is 0 Å². The first-order valence-corrected chi connectivity index (χ1v) is 8.42. The molecule has 7 nitrogen and oxygen atoms in total. The summed E-state index contributed by atoms with van der Waals surface area (Å²) in [5, 5.41) is 2.87. The monoisotopic (exact) mass is 380 g/mol. The molecule has 138 valence electrons. The fourth-order valence-electron chi connectivity index (χ4n) is 2.54. The Morgan fingerprint density at radius 2 is 2.31 bits per heavy atom. The second-order valence-corrected chi connectivity index (χ2v) is 6.17. The number of aromatic nitrogens is 2. The van der Waals surface area contributed by atoms with Crippen molar-refractivity contribution in [2.45, 2.75) is 12.6 Å². The summed E-state index contributed by atoms with van der Waals surface area (Å²) in [6.07, 6.45) is 2.50. The molecule has 2 heterocycles. The SMILES string of the molecule is CNC(=O)C1CN(Cc2cnc(Oc3ccc(Cl)cc3F)cn2)CCO1. The molecule has 1 fully saturated rings. The van der Waals surface area contributed by atoms with Gasteiger partial charge in [0.1, 0.15) is 6.10 Å². The number of nitrogens with zero attached hydrogens (tertiary/aromatic N) is 3. The summed E-state index contributed by atoms with van der Waals surface area (Å²) in [5.41, 5.74) is 0.714. The maximum Gasteiger partial charge on any atom is 0.250 e. The summed E-state index contributed by atoms with van der Waals surface area (Å²) < 4.78 is 24.6. The summed E-state index contributed by atoms with van der Waals surface area (Å²) in [6, 6.07) is 4.13. The van der Waals surface area contributed by atoms with Gasteiger partial charge in [-0.1, -0.05) is 11.6 Å². The van der Waals surface area contributed by atoms with Crippen LogP contribution in [0.25, 0.3) is 0 Å². The van der Waals surface area contributed by atoms with Crippen molar-refractivity contribution in [1.29, 1.82) is 0 Å². The third kappa shape index (κ3) is 4.66. The lowest BCUT2D eigenvalue weighted by molar-refractivity contribution is -0.138. The number of benzene rings is 1. The molecule has 1 N–H and O–H groups in total. The largest absolute Gasteiger partial charge is 0.434 e. The molecule has 2 aromatic rings. The molecule has 1 aliphatic rings. The van der Waals surface area contributed by atoms with Gasteiger partial charge >= 0.3 is 0 Å². The van der Waals surface area contributed by atoms with Gasteiger partial charge in [0.25, 0.3) is 0 Å². The van der Waals surface area contributed by atoms with Crippen molar-refractivity contribution in [2.75, 3.05) is 26.7 Å². The van der Waals surface area contributed by atoms with Gasteiger partial charge in [-0.3, -0.25) is 14.7 Å². The molecule has 26 heavy (non-hydrogen) atoms. The van der Waals surface area contributed by atoms with Gasteiger partial charge in [-0.2, -0.15) is 0 Å². The van der Waals surface area contributed by atoms with Crippen molar-refractivity contribution < 1.29 is 18.7 Å². The highest BCUT2D eigenvalue weighted by molar-refractivity contribution is 6.30. The smallest absolute Gasteiger partial charge is 0.250 e. The van der Waals surface area contributed by atoms with Crippen LogP contribution in [0.5, 0.6) is 11.6 Å². The van der Waals surface area contributed by atoms with E-state index in [9.17, 15) is 9.18 Å². The van der Waals surface area contributed by atoms with E-state index in [-0.39, 0.29) is 22.6 Å². The molecule has 0 radical (unpaired) electrons. The normalized spacial score (nSPS) is 17.7. The fraction of sp³-hybridized carbons (Fsp3) is 0.353. The Morgan fingerprint density at radius 1 is 1.46 bits per heavy atom. The number of nitrogens with one attached hydrogen (secondary N) is 1. The predicted octanol–water partition coefficient (Wildman–Crippen LogP) is 2.01. The van der Waals surface area contributed by atoms with Crippen LogP contribution in [-0.2, 0) is 16.1 Å². The Bertz CT molecular complexity index is 775. The molecule has 1 aromatic carbocycles. The molecule has 1 saturated heterocycles. The number of ether oxygens (including phenoxy) is 2. The molecule has 1 amide bonds. The van der Waals surface area contributed by atoms with Crippen molar-refractivity contribution in [3.05, 3.63) is 47.1 Å². The van der Waals surface area contributed by atoms with Crippen molar-refractivity contribution in [3.8, 4) is 11.6 Å². The molecule has 0 saturated carbocycles. The van der Waals surface area contributed by atoms with Crippen LogP contribution in [0.3, 0.4) is 0 Å². The molecule has 1 unspecified atom stereocenters. The van der Waals surface area contributed by atoms with Gasteiger partial charge in [0, 0.05) is 31.7 Å². The quantitative estimate of drug-likeness (QED) is 0.855. The van der Waals surface area contributed by atoms with Crippen LogP contribution >= 0.6 is 11.6 Å². The number of carbonyl (C=O) groups excluding carboxylic acids is 1. The summed E-state index contributed by atoms with van der Waals surface area (Å²) >= 11 is 5.71. The highest BCUT2D eigenvalue weighted by atomic mass is 35.5. The number of hydrogen-bond donors (Lipinski definition) is 1. The van der Waals surface area contributed by atoms with E-state index in [1.165, 1.54) is 24.4 Å². The first kappa shape index (κ1) is 18.5. The van der Waals surface area contributed by atoms with Crippen LogP contribution in [0.4, 0.5) is 4.39 Å². The molecule has 1 aliphatic heterocycles. The number of carbonyl (C=O) groups is 1. The van der Waals surface area contributed by atoms with Crippen molar-refractivity contribution in [3.63, 3.8) is 0 Å². The average Bonchev–Trinajstić information content (AvgIpc) is 2.65. The van der Waals surface area contributed by atoms with E-state index in [1.807, 2.05) is 0 Å².